The van der Waals surface area contributed by atoms with Crippen LogP contribution in [0.4, 0.5) is 0 Å². The van der Waals surface area contributed by atoms with Crippen LogP contribution in [0.5, 0.6) is 0 Å². The fourth-order valence-electron chi connectivity index (χ4n) is 3.68. The zero-order valence-corrected chi connectivity index (χ0v) is 14.7. The van der Waals surface area contributed by atoms with Crippen molar-refractivity contribution in [2.24, 2.45) is 10.9 Å². The van der Waals surface area contributed by atoms with Crippen LogP contribution in [0.15, 0.2) is 53.2 Å². The van der Waals surface area contributed by atoms with Gasteiger partial charge in [0.1, 0.15) is 12.5 Å². The molecule has 0 N–H and O–H groups in total. The van der Waals surface area contributed by atoms with Crippen molar-refractivity contribution >= 4 is 17.5 Å². The molecule has 1 aromatic carbocycles. The van der Waals surface area contributed by atoms with Crippen LogP contribution >= 0.6 is 0 Å². The lowest BCUT2D eigenvalue weighted by Crippen LogP contribution is -2.37. The van der Waals surface area contributed by atoms with Gasteiger partial charge in [-0.25, -0.2) is 0 Å². The van der Waals surface area contributed by atoms with Gasteiger partial charge in [0.05, 0.1) is 0 Å². The van der Waals surface area contributed by atoms with Gasteiger partial charge in [-0.1, -0.05) is 42.5 Å². The second-order valence-electron chi connectivity index (χ2n) is 6.68. The summed E-state index contributed by atoms with van der Waals surface area (Å²) in [4.78, 5) is 30.0. The third kappa shape index (κ3) is 3.34. The fourth-order valence-corrected chi connectivity index (χ4v) is 3.68. The summed E-state index contributed by atoms with van der Waals surface area (Å²) in [6.45, 7) is 7.61. The molecule has 0 saturated heterocycles. The van der Waals surface area contributed by atoms with E-state index in [9.17, 15) is 9.59 Å². The number of aryl methyl sites for hydroxylation is 1. The first-order chi connectivity index (χ1) is 12.0. The minimum atomic E-state index is -0.566. The molecule has 3 rings (SSSR count). The molecule has 0 unspecified atom stereocenters. The number of ether oxygens (including phenoxy) is 1. The van der Waals surface area contributed by atoms with Crippen LogP contribution in [0.3, 0.4) is 0 Å². The number of hydrogen-bond donors (Lipinski definition) is 0. The van der Waals surface area contributed by atoms with Crippen molar-refractivity contribution in [3.63, 3.8) is 0 Å². The average molecular weight is 337 g/mol. The first kappa shape index (κ1) is 17.3. The van der Waals surface area contributed by atoms with E-state index < -0.39 is 5.92 Å². The summed E-state index contributed by atoms with van der Waals surface area (Å²) in [7, 11) is 0. The Morgan fingerprint density at radius 3 is 2.68 bits per heavy atom. The Bertz CT molecular complexity index is 771. The third-order valence-corrected chi connectivity index (χ3v) is 4.87. The van der Waals surface area contributed by atoms with Crippen LogP contribution in [0.2, 0.25) is 0 Å². The van der Waals surface area contributed by atoms with Gasteiger partial charge in [0, 0.05) is 29.3 Å². The van der Waals surface area contributed by atoms with Gasteiger partial charge in [-0.05, 0) is 32.3 Å². The van der Waals surface area contributed by atoms with Crippen molar-refractivity contribution in [2.75, 3.05) is 6.61 Å². The molecule has 4 heteroatoms. The maximum Gasteiger partial charge on any atom is 0.315 e. The second-order valence-corrected chi connectivity index (χ2v) is 6.68. The van der Waals surface area contributed by atoms with Crippen molar-refractivity contribution < 1.29 is 14.3 Å². The molecule has 0 bridgehead atoms. The Morgan fingerprint density at radius 1 is 1.28 bits per heavy atom. The minimum absolute atomic E-state index is 0.101. The minimum Gasteiger partial charge on any atom is -0.461 e. The number of esters is 1. The summed E-state index contributed by atoms with van der Waals surface area (Å²) in [6, 6.07) is 8.02. The first-order valence-electron chi connectivity index (χ1n) is 8.68. The van der Waals surface area contributed by atoms with Gasteiger partial charge in [0.25, 0.3) is 0 Å². The Morgan fingerprint density at radius 2 is 2.00 bits per heavy atom. The molecular weight excluding hydrogens is 314 g/mol. The van der Waals surface area contributed by atoms with Gasteiger partial charge in [-0.3, -0.25) is 14.6 Å². The Kier molecular flexibility index (Phi) is 4.98. The van der Waals surface area contributed by atoms with Gasteiger partial charge in [0.15, 0.2) is 5.78 Å². The molecule has 0 fully saturated rings. The van der Waals surface area contributed by atoms with E-state index in [1.54, 1.807) is 6.08 Å². The lowest BCUT2D eigenvalue weighted by molar-refractivity contribution is -0.145. The van der Waals surface area contributed by atoms with Crippen molar-refractivity contribution in [3.8, 4) is 0 Å². The topological polar surface area (TPSA) is 55.7 Å². The van der Waals surface area contributed by atoms with Crippen molar-refractivity contribution in [1.82, 2.24) is 0 Å². The number of hydrogen-bond acceptors (Lipinski definition) is 4. The molecule has 4 nitrogen and oxygen atoms in total. The quantitative estimate of drug-likeness (QED) is 0.618. The highest BCUT2D eigenvalue weighted by molar-refractivity contribution is 6.08. The summed E-state index contributed by atoms with van der Waals surface area (Å²) in [5.74, 6) is -1.14. The number of allylic oxidation sites excluding steroid dienone is 2. The van der Waals surface area contributed by atoms with E-state index in [0.29, 0.717) is 17.7 Å². The summed E-state index contributed by atoms with van der Waals surface area (Å²) in [5, 5.41) is 0. The van der Waals surface area contributed by atoms with E-state index in [1.165, 1.54) is 0 Å². The molecule has 0 spiro atoms. The maximum atomic E-state index is 12.7. The van der Waals surface area contributed by atoms with Gasteiger partial charge in [0.2, 0.25) is 0 Å². The zero-order chi connectivity index (χ0) is 18.0. The molecule has 1 heterocycles. The molecule has 0 aromatic heterocycles. The molecule has 25 heavy (non-hydrogen) atoms. The molecule has 130 valence electrons. The lowest BCUT2D eigenvalue weighted by Gasteiger charge is -2.34. The number of ketones is 1. The van der Waals surface area contributed by atoms with Crippen LogP contribution in [0, 0.1) is 12.8 Å². The van der Waals surface area contributed by atoms with Gasteiger partial charge in [-0.15, -0.1) is 0 Å². The SMILES string of the molecule is C=CCOC(=O)[C@@H]1C(C)=NC2=C(C(=O)CCC2)[C@@H]1c1ccc(C)cc1. The lowest BCUT2D eigenvalue weighted by atomic mass is 9.71. The Balaban J connectivity index is 2.10. The largest absolute Gasteiger partial charge is 0.461 e. The number of rotatable bonds is 4. The van der Waals surface area contributed by atoms with Crippen molar-refractivity contribution in [2.45, 2.75) is 39.0 Å². The van der Waals surface area contributed by atoms with Gasteiger partial charge >= 0.3 is 5.97 Å². The van der Waals surface area contributed by atoms with Crippen LogP contribution in [0.1, 0.15) is 43.2 Å². The molecule has 1 aliphatic carbocycles. The first-order valence-corrected chi connectivity index (χ1v) is 8.68. The normalized spacial score (nSPS) is 23.0. The summed E-state index contributed by atoms with van der Waals surface area (Å²) < 4.78 is 5.32. The van der Waals surface area contributed by atoms with Crippen LogP contribution < -0.4 is 0 Å². The second kappa shape index (κ2) is 7.18. The van der Waals surface area contributed by atoms with Crippen molar-refractivity contribution in [1.29, 1.82) is 0 Å². The van der Waals surface area contributed by atoms with Gasteiger partial charge in [-0.2, -0.15) is 0 Å². The van der Waals surface area contributed by atoms with E-state index in [1.807, 2.05) is 38.1 Å². The van der Waals surface area contributed by atoms with E-state index >= 15 is 0 Å². The highest BCUT2D eigenvalue weighted by Crippen LogP contribution is 2.43. The predicted octanol–water partition coefficient (Wildman–Crippen LogP) is 3.91. The van der Waals surface area contributed by atoms with Crippen molar-refractivity contribution in [3.05, 3.63) is 59.3 Å². The van der Waals surface area contributed by atoms with Gasteiger partial charge < -0.3 is 4.74 Å². The third-order valence-electron chi connectivity index (χ3n) is 4.87. The van der Waals surface area contributed by atoms with Crippen LogP contribution in [0.25, 0.3) is 0 Å². The highest BCUT2D eigenvalue weighted by atomic mass is 16.5. The smallest absolute Gasteiger partial charge is 0.315 e. The molecule has 0 radical (unpaired) electrons. The monoisotopic (exact) mass is 337 g/mol. The number of benzene rings is 1. The summed E-state index contributed by atoms with van der Waals surface area (Å²) in [5.41, 5.74) is 4.35. The summed E-state index contributed by atoms with van der Waals surface area (Å²) >= 11 is 0. The van der Waals surface area contributed by atoms with E-state index in [0.717, 1.165) is 29.7 Å². The van der Waals surface area contributed by atoms with Crippen LogP contribution in [-0.2, 0) is 14.3 Å². The Labute approximate surface area is 148 Å². The molecule has 1 aromatic rings. The summed E-state index contributed by atoms with van der Waals surface area (Å²) in [6.07, 6.45) is 3.67. The zero-order valence-electron chi connectivity index (χ0n) is 14.7. The average Bonchev–Trinajstić information content (AvgIpc) is 2.59. The molecule has 1 aliphatic heterocycles. The molecule has 2 atom stereocenters. The highest BCUT2D eigenvalue weighted by Gasteiger charge is 2.42. The fraction of sp³-hybridized carbons (Fsp3) is 0.381. The standard InChI is InChI=1S/C21H23NO3/c1-4-12-25-21(24)18-14(3)22-16-6-5-7-17(23)20(16)19(18)15-10-8-13(2)9-11-15/h4,8-11,18-19H,1,5-7,12H2,2-3H3/t18-,19-/m1/s1. The number of carbonyl (C=O) groups is 2. The predicted molar refractivity (Wildman–Crippen MR) is 97.6 cm³/mol. The van der Waals surface area contributed by atoms with E-state index in [2.05, 4.69) is 11.6 Å². The molecular formula is C21H23NO3. The number of carbonyl (C=O) groups excluding carboxylic acids is 2. The van der Waals surface area contributed by atoms with E-state index in [4.69, 9.17) is 4.74 Å². The molecule has 2 aliphatic rings. The maximum absolute atomic E-state index is 12.7. The van der Waals surface area contributed by atoms with Crippen LogP contribution in [-0.4, -0.2) is 24.1 Å². The number of Topliss-reactive ketones (excluding diaryl/α,β-unsaturated/α-hetero) is 1. The molecule has 0 amide bonds. The number of aliphatic imine (C=N–C) groups is 1. The number of nitrogens with zero attached hydrogens (tertiary/aromatic N) is 1. The Hall–Kier alpha value is -2.49. The van der Waals surface area contributed by atoms with E-state index in [-0.39, 0.29) is 24.3 Å². The molecule has 0 saturated carbocycles.